The average molecular weight is 845 g/mol. The van der Waals surface area contributed by atoms with E-state index in [0.29, 0.717) is 19.4 Å². The second-order valence-electron chi connectivity index (χ2n) is 18.8. The monoisotopic (exact) mass is 845 g/mol. The van der Waals surface area contributed by atoms with E-state index in [1.807, 2.05) is 0 Å². The van der Waals surface area contributed by atoms with Crippen molar-refractivity contribution in [3.05, 3.63) is 12.2 Å². The van der Waals surface area contributed by atoms with Crippen molar-refractivity contribution in [1.29, 1.82) is 0 Å². The van der Waals surface area contributed by atoms with E-state index in [2.05, 4.69) is 43.1 Å². The maximum atomic E-state index is 14.4. The molecule has 0 aromatic carbocycles. The molecule has 0 saturated carbocycles. The molecule has 0 aromatic rings. The number of carbonyl (C=O) groups excluding carboxylic acids is 2. The molecule has 14 nitrogen and oxygen atoms in total. The lowest BCUT2D eigenvalue weighted by molar-refractivity contribution is -0.325. The van der Waals surface area contributed by atoms with Crippen LogP contribution in [0.5, 0.6) is 0 Å². The summed E-state index contributed by atoms with van der Waals surface area (Å²) in [7, 11) is 0. The molecule has 60 heavy (non-hydrogen) atoms. The van der Waals surface area contributed by atoms with Gasteiger partial charge < -0.3 is 55.7 Å². The predicted molar refractivity (Wildman–Crippen MR) is 231 cm³/mol. The molecule has 1 amide bonds. The Balaban J connectivity index is 0.903. The Morgan fingerprint density at radius 1 is 0.967 bits per heavy atom. The second kappa shape index (κ2) is 21.8. The number of amides is 1. The molecule has 1 unspecified atom stereocenters. The van der Waals surface area contributed by atoms with Crippen LogP contribution in [0.1, 0.15) is 175 Å². The summed E-state index contributed by atoms with van der Waals surface area (Å²) >= 11 is 0. The zero-order chi connectivity index (χ0) is 42.8. The minimum absolute atomic E-state index is 0.00509. The summed E-state index contributed by atoms with van der Waals surface area (Å²) in [6.07, 6.45) is 24.3. The number of hydrogen-bond donors (Lipinski definition) is 5. The highest BCUT2D eigenvalue weighted by atomic mass is 16.7. The summed E-state index contributed by atoms with van der Waals surface area (Å²) in [6.45, 7) is 7.18. The first kappa shape index (κ1) is 47.2. The summed E-state index contributed by atoms with van der Waals surface area (Å²) in [5, 5.41) is 25.4. The van der Waals surface area contributed by atoms with Crippen molar-refractivity contribution in [2.24, 2.45) is 22.4 Å². The third-order valence-electron chi connectivity index (χ3n) is 14.2. The van der Waals surface area contributed by atoms with E-state index in [1.165, 1.54) is 30.6 Å². The Kier molecular flexibility index (Phi) is 17.2. The van der Waals surface area contributed by atoms with E-state index in [-0.39, 0.29) is 61.8 Å². The molecule has 342 valence electrons. The molecule has 0 aromatic heterocycles. The fourth-order valence-electron chi connectivity index (χ4n) is 11.0. The molecule has 0 aliphatic carbocycles. The number of guanidine groups is 1. The third kappa shape index (κ3) is 11.1. The highest BCUT2D eigenvalue weighted by Crippen LogP contribution is 2.51. The van der Waals surface area contributed by atoms with Gasteiger partial charge in [-0.05, 0) is 103 Å². The van der Waals surface area contributed by atoms with Crippen LogP contribution in [0.15, 0.2) is 17.1 Å². The number of unbranched alkanes of at least 4 members (excludes halogenated alkanes) is 9. The first-order valence-electron chi connectivity index (χ1n) is 24.2. The van der Waals surface area contributed by atoms with Crippen LogP contribution < -0.4 is 16.8 Å². The Labute approximate surface area is 359 Å². The van der Waals surface area contributed by atoms with Crippen LogP contribution in [0.25, 0.3) is 0 Å². The van der Waals surface area contributed by atoms with E-state index in [0.717, 1.165) is 115 Å². The largest absolute Gasteiger partial charge is 0.462 e. The number of aliphatic hydroxyl groups excluding tert-OH is 1. The summed E-state index contributed by atoms with van der Waals surface area (Å²) in [6, 6.07) is 0.291. The fraction of sp³-hybridized carbons (Fsp3) is 0.891. The predicted octanol–water partition coefficient (Wildman–Crippen LogP) is 5.86. The van der Waals surface area contributed by atoms with E-state index in [1.54, 1.807) is 0 Å². The van der Waals surface area contributed by atoms with Crippen molar-refractivity contribution >= 4 is 17.8 Å². The van der Waals surface area contributed by atoms with Crippen LogP contribution in [0.3, 0.4) is 0 Å². The molecule has 6 rings (SSSR count). The molecular formula is C46H80N6O8. The highest BCUT2D eigenvalue weighted by Gasteiger charge is 2.62. The number of carbonyl (C=O) groups is 2. The van der Waals surface area contributed by atoms with E-state index in [4.69, 9.17) is 35.4 Å². The summed E-state index contributed by atoms with van der Waals surface area (Å²) in [5.74, 6) is -1.88. The normalized spacial score (nSPS) is 35.6. The SMILES string of the molecule is CC/C=C/[C@@H]1CC[C@]2(C[C@H]3CC[C@H]4[C@@H](C(=O)OC(CC)CCCCCCCCCCCC[C@@H]5O[C@](O)(CCN)[C@H](O)N(CCCN)C5=O)[C@@]5(CCC[C@H](C)O5)N=C(N2)N34)O1. The van der Waals surface area contributed by atoms with Gasteiger partial charge in [-0.1, -0.05) is 83.8 Å². The molecule has 7 N–H and O–H groups in total. The molecule has 11 atom stereocenters. The first-order chi connectivity index (χ1) is 29.0. The number of nitrogens with one attached hydrogen (secondary N) is 1. The van der Waals surface area contributed by atoms with Gasteiger partial charge in [0.05, 0.1) is 18.2 Å². The molecule has 0 radical (unpaired) electrons. The number of esters is 1. The molecule has 6 aliphatic rings. The van der Waals surface area contributed by atoms with Crippen molar-refractivity contribution in [1.82, 2.24) is 15.1 Å². The van der Waals surface area contributed by atoms with Gasteiger partial charge in [-0.3, -0.25) is 9.59 Å². The zero-order valence-corrected chi connectivity index (χ0v) is 37.2. The van der Waals surface area contributed by atoms with Crippen molar-refractivity contribution in [3.8, 4) is 0 Å². The second-order valence-corrected chi connectivity index (χ2v) is 18.8. The van der Waals surface area contributed by atoms with E-state index in [9.17, 15) is 19.8 Å². The molecule has 6 aliphatic heterocycles. The molecule has 5 saturated heterocycles. The number of nitrogens with two attached hydrogens (primary N) is 2. The summed E-state index contributed by atoms with van der Waals surface area (Å²) in [4.78, 5) is 36.5. The van der Waals surface area contributed by atoms with E-state index < -0.39 is 35.5 Å². The Morgan fingerprint density at radius 3 is 2.38 bits per heavy atom. The average Bonchev–Trinajstić information content (AvgIpc) is 3.82. The van der Waals surface area contributed by atoms with Gasteiger partial charge in [-0.15, -0.1) is 0 Å². The summed E-state index contributed by atoms with van der Waals surface area (Å²) < 4.78 is 25.7. The van der Waals surface area contributed by atoms with Crippen LogP contribution in [0.4, 0.5) is 0 Å². The molecule has 5 fully saturated rings. The van der Waals surface area contributed by atoms with Gasteiger partial charge in [-0.2, -0.15) is 0 Å². The lowest BCUT2D eigenvalue weighted by atomic mass is 9.80. The van der Waals surface area contributed by atoms with Gasteiger partial charge in [-0.25, -0.2) is 4.99 Å². The fourth-order valence-corrected chi connectivity index (χ4v) is 11.0. The molecule has 0 bridgehead atoms. The number of rotatable bonds is 23. The molecule has 6 heterocycles. The Bertz CT molecular complexity index is 1450. The van der Waals surface area contributed by atoms with Gasteiger partial charge in [0.2, 0.25) is 5.79 Å². The molecular weight excluding hydrogens is 765 g/mol. The smallest absolute Gasteiger partial charge is 0.316 e. The maximum Gasteiger partial charge on any atom is 0.316 e. The number of aliphatic imine (C=N–C) groups is 1. The van der Waals surface area contributed by atoms with Gasteiger partial charge in [0.25, 0.3) is 5.91 Å². The molecule has 2 spiro atoms. The Hall–Kier alpha value is -2.33. The number of nitrogens with zero attached hydrogens (tertiary/aromatic N) is 3. The first-order valence-corrected chi connectivity index (χ1v) is 24.2. The lowest BCUT2D eigenvalue weighted by Gasteiger charge is -2.54. The number of ether oxygens (including phenoxy) is 4. The van der Waals surface area contributed by atoms with Gasteiger partial charge >= 0.3 is 5.97 Å². The quantitative estimate of drug-likeness (QED) is 0.0468. The number of hydrogen-bond acceptors (Lipinski definition) is 13. The number of aliphatic hydroxyl groups is 2. The minimum atomic E-state index is -1.86. The van der Waals surface area contributed by atoms with Gasteiger partial charge in [0.15, 0.2) is 17.9 Å². The standard InChI is InChI=1S/C46H80N6O8/c1-4-6-20-36-25-27-44(59-36)32-34-23-24-37-39(45(26-17-19-33(3)58-45)50-43(49-44)52(34)37)41(54)57-35(5-2)21-15-13-11-9-7-8-10-12-14-16-22-38-40(53)51(31-18-29-47)42(55)46(56,60-38)28-30-48/h6,20,33-39,42,55-56H,4-5,7-19,21-32,47-48H2,1-3H3,(H,49,50)/b20-6+/t33-,34+,35?,36+,37-,38-,39-,42-,44+,45-,46+/m0/s1. The van der Waals surface area contributed by atoms with Gasteiger partial charge in [0.1, 0.15) is 23.9 Å². The van der Waals surface area contributed by atoms with Crippen molar-refractivity contribution in [2.45, 2.75) is 235 Å². The lowest BCUT2D eigenvalue weighted by Crippen LogP contribution is -2.70. The highest BCUT2D eigenvalue weighted by molar-refractivity contribution is 5.87. The maximum absolute atomic E-state index is 14.4. The van der Waals surface area contributed by atoms with Crippen LogP contribution in [0.2, 0.25) is 0 Å². The van der Waals surface area contributed by atoms with Gasteiger partial charge in [0, 0.05) is 25.4 Å². The minimum Gasteiger partial charge on any atom is -0.462 e. The third-order valence-corrected chi connectivity index (χ3v) is 14.2. The number of morpholine rings is 1. The number of allylic oxidation sites excluding steroid dienone is 1. The van der Waals surface area contributed by atoms with Crippen LogP contribution >= 0.6 is 0 Å². The van der Waals surface area contributed by atoms with E-state index >= 15 is 0 Å². The van der Waals surface area contributed by atoms with Crippen molar-refractivity contribution in [3.63, 3.8) is 0 Å². The molecule has 14 heteroatoms. The van der Waals surface area contributed by atoms with Crippen molar-refractivity contribution < 1.29 is 38.7 Å². The van der Waals surface area contributed by atoms with Crippen LogP contribution in [-0.4, -0.2) is 117 Å². The van der Waals surface area contributed by atoms with Crippen LogP contribution in [-0.2, 0) is 28.5 Å². The zero-order valence-electron chi connectivity index (χ0n) is 37.2. The Morgan fingerprint density at radius 2 is 1.70 bits per heavy atom. The van der Waals surface area contributed by atoms with Crippen LogP contribution in [0, 0.1) is 5.92 Å². The summed E-state index contributed by atoms with van der Waals surface area (Å²) in [5.41, 5.74) is 9.97. The van der Waals surface area contributed by atoms with Crippen molar-refractivity contribution in [2.75, 3.05) is 19.6 Å². The topological polar surface area (TPSA) is 194 Å².